The highest BCUT2D eigenvalue weighted by Crippen LogP contribution is 2.38. The number of quaternary nitrogens is 1. The molecule has 2 saturated heterocycles. The summed E-state index contributed by atoms with van der Waals surface area (Å²) in [6.07, 6.45) is 2.88. The van der Waals surface area contributed by atoms with E-state index in [-0.39, 0.29) is 0 Å². The average molecular weight is 197 g/mol. The zero-order chi connectivity index (χ0) is 10.4. The third kappa shape index (κ3) is 1.40. The van der Waals surface area contributed by atoms with Crippen molar-refractivity contribution in [2.24, 2.45) is 0 Å². The molecule has 2 rings (SSSR count). The normalized spacial score (nSPS) is 30.6. The summed E-state index contributed by atoms with van der Waals surface area (Å²) >= 11 is 0. The van der Waals surface area contributed by atoms with Gasteiger partial charge in [-0.1, -0.05) is 0 Å². The van der Waals surface area contributed by atoms with E-state index in [0.717, 1.165) is 0 Å². The van der Waals surface area contributed by atoms with E-state index in [2.05, 4.69) is 32.6 Å². The predicted molar refractivity (Wildman–Crippen MR) is 60.0 cm³/mol. The fraction of sp³-hybridized carbons (Fsp3) is 1.00. The van der Waals surface area contributed by atoms with E-state index in [1.54, 1.807) is 0 Å². The Bertz CT molecular complexity index is 214. The number of hydrogen-bond acceptors (Lipinski definition) is 1. The Morgan fingerprint density at radius 2 is 1.71 bits per heavy atom. The summed E-state index contributed by atoms with van der Waals surface area (Å²) in [5.74, 6) is 0. The van der Waals surface area contributed by atoms with Crippen molar-refractivity contribution in [3.63, 3.8) is 0 Å². The SMILES string of the molecule is CC(C)N1CC(C)(C)[N+]2(CCCC2)C1. The predicted octanol–water partition coefficient (Wildman–Crippen LogP) is 2.06. The minimum atomic E-state index is 0.487. The van der Waals surface area contributed by atoms with Crippen LogP contribution in [0.15, 0.2) is 0 Å². The molecule has 0 unspecified atom stereocenters. The fourth-order valence-corrected chi connectivity index (χ4v) is 3.27. The zero-order valence-corrected chi connectivity index (χ0v) is 10.2. The molecule has 2 heteroatoms. The summed E-state index contributed by atoms with van der Waals surface area (Å²) in [5, 5.41) is 0. The van der Waals surface area contributed by atoms with E-state index in [4.69, 9.17) is 0 Å². The molecule has 0 amide bonds. The summed E-state index contributed by atoms with van der Waals surface area (Å²) in [7, 11) is 0. The van der Waals surface area contributed by atoms with Crippen molar-refractivity contribution in [1.29, 1.82) is 0 Å². The molecule has 0 aromatic rings. The molecule has 0 atom stereocenters. The van der Waals surface area contributed by atoms with Crippen LogP contribution < -0.4 is 0 Å². The van der Waals surface area contributed by atoms with Gasteiger partial charge in [0.25, 0.3) is 0 Å². The summed E-state index contributed by atoms with van der Waals surface area (Å²) in [6, 6.07) is 0.715. The Balaban J connectivity index is 2.18. The summed E-state index contributed by atoms with van der Waals surface area (Å²) in [4.78, 5) is 2.66. The van der Waals surface area contributed by atoms with E-state index in [1.165, 1.54) is 43.6 Å². The maximum atomic E-state index is 2.66. The minimum Gasteiger partial charge on any atom is -0.306 e. The second kappa shape index (κ2) is 3.21. The Morgan fingerprint density at radius 3 is 2.14 bits per heavy atom. The molecule has 2 fully saturated rings. The van der Waals surface area contributed by atoms with E-state index < -0.39 is 0 Å². The largest absolute Gasteiger partial charge is 0.306 e. The highest BCUT2D eigenvalue weighted by molar-refractivity contribution is 4.85. The molecular weight excluding hydrogens is 172 g/mol. The van der Waals surface area contributed by atoms with Crippen molar-refractivity contribution >= 4 is 0 Å². The van der Waals surface area contributed by atoms with Gasteiger partial charge in [-0.2, -0.15) is 0 Å². The molecule has 2 aliphatic rings. The molecule has 0 aromatic heterocycles. The van der Waals surface area contributed by atoms with Crippen molar-refractivity contribution in [2.45, 2.75) is 52.1 Å². The first-order valence-electron chi connectivity index (χ1n) is 6.07. The van der Waals surface area contributed by atoms with Crippen LogP contribution in [0.4, 0.5) is 0 Å². The van der Waals surface area contributed by atoms with Crippen LogP contribution >= 0.6 is 0 Å². The van der Waals surface area contributed by atoms with Gasteiger partial charge in [0, 0.05) is 18.9 Å². The Labute approximate surface area is 88.5 Å². The van der Waals surface area contributed by atoms with Gasteiger partial charge in [-0.05, 0) is 27.7 Å². The standard InChI is InChI=1S/C12H25N2/c1-11(2)13-9-12(3,4)14(10-13)7-5-6-8-14/h11H,5-10H2,1-4H3/q+1. The summed E-state index contributed by atoms with van der Waals surface area (Å²) in [6.45, 7) is 15.0. The second-order valence-electron chi connectivity index (χ2n) is 6.09. The van der Waals surface area contributed by atoms with E-state index >= 15 is 0 Å². The Morgan fingerprint density at radius 1 is 1.14 bits per heavy atom. The molecule has 14 heavy (non-hydrogen) atoms. The summed E-state index contributed by atoms with van der Waals surface area (Å²) in [5.41, 5.74) is 0.487. The van der Waals surface area contributed by atoms with Crippen molar-refractivity contribution in [2.75, 3.05) is 26.3 Å². The van der Waals surface area contributed by atoms with Gasteiger partial charge in [-0.25, -0.2) is 4.90 Å². The average Bonchev–Trinajstić information content (AvgIpc) is 2.60. The summed E-state index contributed by atoms with van der Waals surface area (Å²) < 4.78 is 1.37. The van der Waals surface area contributed by atoms with Crippen molar-refractivity contribution in [1.82, 2.24) is 4.90 Å². The zero-order valence-electron chi connectivity index (χ0n) is 10.2. The van der Waals surface area contributed by atoms with E-state index in [9.17, 15) is 0 Å². The van der Waals surface area contributed by atoms with Crippen molar-refractivity contribution in [3.8, 4) is 0 Å². The van der Waals surface area contributed by atoms with Crippen LogP contribution in [-0.4, -0.2) is 47.3 Å². The van der Waals surface area contributed by atoms with Gasteiger partial charge in [0.15, 0.2) is 0 Å². The smallest absolute Gasteiger partial charge is 0.135 e. The van der Waals surface area contributed by atoms with Gasteiger partial charge in [-0.15, -0.1) is 0 Å². The number of nitrogens with zero attached hydrogens (tertiary/aromatic N) is 2. The highest BCUT2D eigenvalue weighted by atomic mass is 15.6. The molecule has 1 spiro atoms. The lowest BCUT2D eigenvalue weighted by Gasteiger charge is -2.40. The van der Waals surface area contributed by atoms with E-state index in [1.807, 2.05) is 0 Å². The fourth-order valence-electron chi connectivity index (χ4n) is 3.27. The molecule has 0 aromatic carbocycles. The molecule has 2 nitrogen and oxygen atoms in total. The second-order valence-corrected chi connectivity index (χ2v) is 6.09. The Hall–Kier alpha value is -0.0800. The third-order valence-electron chi connectivity index (χ3n) is 4.48. The Kier molecular flexibility index (Phi) is 2.39. The maximum absolute atomic E-state index is 2.66. The molecule has 82 valence electrons. The van der Waals surface area contributed by atoms with Gasteiger partial charge < -0.3 is 4.48 Å². The molecule has 0 bridgehead atoms. The van der Waals surface area contributed by atoms with E-state index in [0.29, 0.717) is 11.6 Å². The van der Waals surface area contributed by atoms with Crippen LogP contribution in [0.5, 0.6) is 0 Å². The quantitative estimate of drug-likeness (QED) is 0.582. The van der Waals surface area contributed by atoms with Gasteiger partial charge in [0.05, 0.1) is 19.6 Å². The maximum Gasteiger partial charge on any atom is 0.135 e. The topological polar surface area (TPSA) is 3.24 Å². The first-order valence-corrected chi connectivity index (χ1v) is 6.07. The van der Waals surface area contributed by atoms with Crippen LogP contribution in [0.3, 0.4) is 0 Å². The first kappa shape index (κ1) is 10.4. The van der Waals surface area contributed by atoms with Gasteiger partial charge in [0.1, 0.15) is 12.2 Å². The third-order valence-corrected chi connectivity index (χ3v) is 4.48. The highest BCUT2D eigenvalue weighted by Gasteiger charge is 2.53. The van der Waals surface area contributed by atoms with Crippen LogP contribution in [0.2, 0.25) is 0 Å². The molecule has 0 saturated carbocycles. The first-order chi connectivity index (χ1) is 6.47. The monoisotopic (exact) mass is 197 g/mol. The molecule has 0 radical (unpaired) electrons. The van der Waals surface area contributed by atoms with Crippen LogP contribution in [0.1, 0.15) is 40.5 Å². The molecule has 0 N–H and O–H groups in total. The lowest BCUT2D eigenvalue weighted by molar-refractivity contribution is -0.952. The van der Waals surface area contributed by atoms with Gasteiger partial charge in [0.2, 0.25) is 0 Å². The lowest BCUT2D eigenvalue weighted by atomic mass is 10.0. The minimum absolute atomic E-state index is 0.487. The lowest BCUT2D eigenvalue weighted by Crippen LogP contribution is -2.56. The van der Waals surface area contributed by atoms with Gasteiger partial charge in [-0.3, -0.25) is 0 Å². The number of rotatable bonds is 1. The van der Waals surface area contributed by atoms with Crippen LogP contribution in [0.25, 0.3) is 0 Å². The van der Waals surface area contributed by atoms with Crippen molar-refractivity contribution < 1.29 is 4.48 Å². The van der Waals surface area contributed by atoms with Crippen molar-refractivity contribution in [3.05, 3.63) is 0 Å². The molecule has 2 heterocycles. The van der Waals surface area contributed by atoms with Crippen LogP contribution in [-0.2, 0) is 0 Å². The molecule has 2 aliphatic heterocycles. The van der Waals surface area contributed by atoms with Gasteiger partial charge >= 0.3 is 0 Å². The van der Waals surface area contributed by atoms with Crippen LogP contribution in [0, 0.1) is 0 Å². The molecule has 0 aliphatic carbocycles. The molecular formula is C12H25N2+. The number of hydrogen-bond donors (Lipinski definition) is 0.